The van der Waals surface area contributed by atoms with E-state index in [0.717, 1.165) is 32.1 Å². The van der Waals surface area contributed by atoms with E-state index in [9.17, 15) is 0 Å². The zero-order valence-corrected chi connectivity index (χ0v) is 14.2. The Bertz CT molecular complexity index is 305. The first-order valence-corrected chi connectivity index (χ1v) is 8.41. The Balaban J connectivity index is 2.24. The van der Waals surface area contributed by atoms with Crippen LogP contribution in [0.5, 0.6) is 0 Å². The Kier molecular flexibility index (Phi) is 7.69. The van der Waals surface area contributed by atoms with Crippen LogP contribution in [-0.4, -0.2) is 62.5 Å². The van der Waals surface area contributed by atoms with Crippen LogP contribution in [0.2, 0.25) is 0 Å². The van der Waals surface area contributed by atoms with Crippen molar-refractivity contribution in [3.05, 3.63) is 0 Å². The highest BCUT2D eigenvalue weighted by molar-refractivity contribution is 7.99. The number of rotatable bonds is 7. The summed E-state index contributed by atoms with van der Waals surface area (Å²) in [4.78, 5) is 4.25. The minimum atomic E-state index is 0.193. The molecule has 2 atom stereocenters. The van der Waals surface area contributed by atoms with Crippen LogP contribution in [0.3, 0.4) is 0 Å². The van der Waals surface area contributed by atoms with Crippen LogP contribution >= 0.6 is 11.8 Å². The molecule has 1 saturated heterocycles. The van der Waals surface area contributed by atoms with Gasteiger partial charge < -0.3 is 20.1 Å². The van der Waals surface area contributed by atoms with Crippen molar-refractivity contribution in [2.75, 3.05) is 39.7 Å². The highest BCUT2D eigenvalue weighted by Gasteiger charge is 2.18. The number of ether oxygens (including phenoxy) is 2. The number of guanidine groups is 1. The zero-order valence-electron chi connectivity index (χ0n) is 13.4. The maximum Gasteiger partial charge on any atom is 0.191 e. The molecule has 1 aliphatic rings. The number of aliphatic imine (C=N–C) groups is 1. The molecule has 2 unspecified atom stereocenters. The maximum absolute atomic E-state index is 5.80. The molecular formula is C14H29N3O2S. The predicted molar refractivity (Wildman–Crippen MR) is 86.7 cm³/mol. The van der Waals surface area contributed by atoms with Gasteiger partial charge in [-0.3, -0.25) is 4.99 Å². The standard InChI is InChI=1S/C14H29N3O2S/c1-11(8-19-12-6-7-18-9-12)17-13(15-4)16-10-14(2,3)20-5/h11-12H,6-10H2,1-5H3,(H2,15,16,17). The van der Waals surface area contributed by atoms with Gasteiger partial charge in [0.1, 0.15) is 0 Å². The van der Waals surface area contributed by atoms with E-state index >= 15 is 0 Å². The molecule has 0 bridgehead atoms. The van der Waals surface area contributed by atoms with Gasteiger partial charge in [-0.1, -0.05) is 0 Å². The van der Waals surface area contributed by atoms with Crippen molar-refractivity contribution in [1.82, 2.24) is 10.6 Å². The van der Waals surface area contributed by atoms with Gasteiger partial charge in [0.15, 0.2) is 5.96 Å². The third-order valence-electron chi connectivity index (χ3n) is 3.31. The molecule has 0 radical (unpaired) electrons. The van der Waals surface area contributed by atoms with E-state index < -0.39 is 0 Å². The smallest absolute Gasteiger partial charge is 0.191 e. The molecule has 1 heterocycles. The molecule has 0 amide bonds. The number of hydrogen-bond donors (Lipinski definition) is 2. The van der Waals surface area contributed by atoms with Crippen molar-refractivity contribution in [1.29, 1.82) is 0 Å². The molecule has 0 saturated carbocycles. The summed E-state index contributed by atoms with van der Waals surface area (Å²) in [5.41, 5.74) is 0. The fourth-order valence-electron chi connectivity index (χ4n) is 1.76. The van der Waals surface area contributed by atoms with Crippen LogP contribution in [0.4, 0.5) is 0 Å². The van der Waals surface area contributed by atoms with Crippen molar-refractivity contribution < 1.29 is 9.47 Å². The Hall–Kier alpha value is -0.460. The van der Waals surface area contributed by atoms with Crippen LogP contribution in [0.15, 0.2) is 4.99 Å². The summed E-state index contributed by atoms with van der Waals surface area (Å²) in [5, 5.41) is 6.71. The summed E-state index contributed by atoms with van der Waals surface area (Å²) in [6, 6.07) is 0.221. The van der Waals surface area contributed by atoms with E-state index in [4.69, 9.17) is 9.47 Å². The molecule has 6 heteroatoms. The summed E-state index contributed by atoms with van der Waals surface area (Å²) in [6.07, 6.45) is 3.38. The Morgan fingerprint density at radius 1 is 1.55 bits per heavy atom. The second-order valence-electron chi connectivity index (χ2n) is 5.75. The van der Waals surface area contributed by atoms with Gasteiger partial charge in [0, 0.05) is 31.0 Å². The number of thioether (sulfide) groups is 1. The van der Waals surface area contributed by atoms with Gasteiger partial charge in [0.05, 0.1) is 19.3 Å². The largest absolute Gasteiger partial charge is 0.379 e. The lowest BCUT2D eigenvalue weighted by Crippen LogP contribution is -2.47. The molecular weight excluding hydrogens is 274 g/mol. The second-order valence-corrected chi connectivity index (χ2v) is 7.27. The average Bonchev–Trinajstić information content (AvgIpc) is 2.94. The normalized spacial score (nSPS) is 21.9. The van der Waals surface area contributed by atoms with Gasteiger partial charge in [-0.15, -0.1) is 0 Å². The molecule has 1 aliphatic heterocycles. The lowest BCUT2D eigenvalue weighted by atomic mass is 10.2. The van der Waals surface area contributed by atoms with Gasteiger partial charge in [-0.05, 0) is 33.4 Å². The molecule has 1 fully saturated rings. The zero-order chi connectivity index (χ0) is 15.0. The number of nitrogens with zero attached hydrogens (tertiary/aromatic N) is 1. The van der Waals surface area contributed by atoms with Crippen LogP contribution in [0.25, 0.3) is 0 Å². The molecule has 0 spiro atoms. The van der Waals surface area contributed by atoms with Crippen molar-refractivity contribution in [2.45, 2.75) is 44.1 Å². The summed E-state index contributed by atoms with van der Waals surface area (Å²) in [5.74, 6) is 0.825. The Morgan fingerprint density at radius 2 is 2.30 bits per heavy atom. The maximum atomic E-state index is 5.80. The van der Waals surface area contributed by atoms with E-state index in [-0.39, 0.29) is 16.9 Å². The summed E-state index contributed by atoms with van der Waals surface area (Å²) in [7, 11) is 1.79. The highest BCUT2D eigenvalue weighted by Crippen LogP contribution is 2.19. The van der Waals surface area contributed by atoms with Crippen LogP contribution in [0, 0.1) is 0 Å². The van der Waals surface area contributed by atoms with E-state index in [1.165, 1.54) is 0 Å². The molecule has 0 aromatic carbocycles. The quantitative estimate of drug-likeness (QED) is 0.551. The van der Waals surface area contributed by atoms with Crippen molar-refractivity contribution in [2.24, 2.45) is 4.99 Å². The van der Waals surface area contributed by atoms with Gasteiger partial charge >= 0.3 is 0 Å². The lowest BCUT2D eigenvalue weighted by Gasteiger charge is -2.25. The van der Waals surface area contributed by atoms with E-state index in [1.54, 1.807) is 7.05 Å². The van der Waals surface area contributed by atoms with Crippen molar-refractivity contribution >= 4 is 17.7 Å². The minimum absolute atomic E-state index is 0.193. The number of hydrogen-bond acceptors (Lipinski definition) is 4. The Labute approximate surface area is 127 Å². The summed E-state index contributed by atoms with van der Waals surface area (Å²) >= 11 is 1.84. The van der Waals surface area contributed by atoms with Crippen LogP contribution < -0.4 is 10.6 Å². The highest BCUT2D eigenvalue weighted by atomic mass is 32.2. The molecule has 0 aromatic heterocycles. The van der Waals surface area contributed by atoms with Gasteiger partial charge in [0.25, 0.3) is 0 Å². The monoisotopic (exact) mass is 303 g/mol. The van der Waals surface area contributed by atoms with Crippen molar-refractivity contribution in [3.8, 4) is 0 Å². The molecule has 20 heavy (non-hydrogen) atoms. The fraction of sp³-hybridized carbons (Fsp3) is 0.929. The molecule has 0 aliphatic carbocycles. The first kappa shape index (κ1) is 17.6. The predicted octanol–water partition coefficient (Wildman–Crippen LogP) is 1.49. The molecule has 0 aromatic rings. The van der Waals surface area contributed by atoms with Gasteiger partial charge in [0.2, 0.25) is 0 Å². The van der Waals surface area contributed by atoms with E-state index in [0.29, 0.717) is 6.61 Å². The third-order valence-corrected chi connectivity index (χ3v) is 4.56. The molecule has 1 rings (SSSR count). The topological polar surface area (TPSA) is 54.9 Å². The van der Waals surface area contributed by atoms with Crippen LogP contribution in [-0.2, 0) is 9.47 Å². The summed E-state index contributed by atoms with van der Waals surface area (Å²) in [6.45, 7) is 9.61. The van der Waals surface area contributed by atoms with E-state index in [2.05, 4.69) is 42.7 Å². The minimum Gasteiger partial charge on any atom is -0.379 e. The van der Waals surface area contributed by atoms with Gasteiger partial charge in [-0.25, -0.2) is 0 Å². The van der Waals surface area contributed by atoms with E-state index in [1.807, 2.05) is 11.8 Å². The number of nitrogens with one attached hydrogen (secondary N) is 2. The Morgan fingerprint density at radius 3 is 2.85 bits per heavy atom. The van der Waals surface area contributed by atoms with Crippen LogP contribution in [0.1, 0.15) is 27.2 Å². The fourth-order valence-corrected chi connectivity index (χ4v) is 1.98. The first-order chi connectivity index (χ1) is 9.46. The second kappa shape index (κ2) is 8.74. The average molecular weight is 303 g/mol. The SMILES string of the molecule is CN=C(NCC(C)(C)SC)NC(C)COC1CCOC1. The molecule has 2 N–H and O–H groups in total. The van der Waals surface area contributed by atoms with Gasteiger partial charge in [-0.2, -0.15) is 11.8 Å². The third kappa shape index (κ3) is 6.81. The first-order valence-electron chi connectivity index (χ1n) is 7.18. The van der Waals surface area contributed by atoms with Crippen molar-refractivity contribution in [3.63, 3.8) is 0 Å². The lowest BCUT2D eigenvalue weighted by molar-refractivity contribution is 0.0347. The molecule has 5 nitrogen and oxygen atoms in total. The molecule has 118 valence electrons. The summed E-state index contributed by atoms with van der Waals surface area (Å²) < 4.78 is 11.3.